The van der Waals surface area contributed by atoms with E-state index in [-0.39, 0.29) is 18.1 Å². The minimum atomic E-state index is -0.548. The molecule has 1 aromatic heterocycles. The lowest BCUT2D eigenvalue weighted by atomic mass is 10.1. The molecule has 0 atom stereocenters. The second kappa shape index (κ2) is 7.96. The lowest BCUT2D eigenvalue weighted by Crippen LogP contribution is -2.25. The van der Waals surface area contributed by atoms with Crippen LogP contribution in [0.2, 0.25) is 0 Å². The van der Waals surface area contributed by atoms with Crippen molar-refractivity contribution in [1.29, 1.82) is 5.26 Å². The summed E-state index contributed by atoms with van der Waals surface area (Å²) in [6.45, 7) is -0.0699. The van der Waals surface area contributed by atoms with Gasteiger partial charge in [0.2, 0.25) is 0 Å². The van der Waals surface area contributed by atoms with Gasteiger partial charge in [-0.15, -0.1) is 11.3 Å². The van der Waals surface area contributed by atoms with Gasteiger partial charge in [-0.05, 0) is 23.8 Å². The molecule has 1 aliphatic heterocycles. The van der Waals surface area contributed by atoms with Crippen LogP contribution in [-0.2, 0) is 9.59 Å². The molecule has 0 aliphatic carbocycles. The van der Waals surface area contributed by atoms with Gasteiger partial charge in [0.25, 0.3) is 11.8 Å². The van der Waals surface area contributed by atoms with E-state index in [9.17, 15) is 14.9 Å². The number of nitrogens with one attached hydrogen (secondary N) is 2. The number of ether oxygens (including phenoxy) is 1. The number of thiazole rings is 1. The number of anilines is 2. The minimum Gasteiger partial charge on any atom is -0.482 e. The Bertz CT molecular complexity index is 1160. The molecule has 0 unspecified atom stereocenters. The van der Waals surface area contributed by atoms with E-state index in [0.29, 0.717) is 22.1 Å². The molecule has 2 amide bonds. The predicted molar refractivity (Wildman–Crippen MR) is 110 cm³/mol. The maximum Gasteiger partial charge on any atom is 0.268 e. The molecular weight excluding hydrogens is 388 g/mol. The van der Waals surface area contributed by atoms with Crippen molar-refractivity contribution in [2.75, 3.05) is 17.2 Å². The number of hydrogen-bond donors (Lipinski definition) is 2. The van der Waals surface area contributed by atoms with Crippen LogP contribution in [-0.4, -0.2) is 23.4 Å². The summed E-state index contributed by atoms with van der Waals surface area (Å²) >= 11 is 1.29. The lowest BCUT2D eigenvalue weighted by Gasteiger charge is -2.17. The first kappa shape index (κ1) is 18.4. The highest BCUT2D eigenvalue weighted by Gasteiger charge is 2.17. The molecule has 4 rings (SSSR count). The molecule has 29 heavy (non-hydrogen) atoms. The summed E-state index contributed by atoms with van der Waals surface area (Å²) in [5.74, 6) is -0.284. The SMILES string of the molecule is N#C/C(=C\c1ccc2c(c1)OCC(=O)N2)C(=O)Nc1nc(-c2ccccc2)cs1. The zero-order chi connectivity index (χ0) is 20.2. The number of nitrogens with zero attached hydrogens (tertiary/aromatic N) is 2. The summed E-state index contributed by atoms with van der Waals surface area (Å²) < 4.78 is 5.36. The van der Waals surface area contributed by atoms with E-state index in [2.05, 4.69) is 15.6 Å². The third-order valence-electron chi connectivity index (χ3n) is 4.11. The largest absolute Gasteiger partial charge is 0.482 e. The van der Waals surface area contributed by atoms with Crippen LogP contribution in [0, 0.1) is 11.3 Å². The topological polar surface area (TPSA) is 104 Å². The fourth-order valence-electron chi connectivity index (χ4n) is 2.73. The first-order chi connectivity index (χ1) is 14.1. The van der Waals surface area contributed by atoms with Gasteiger partial charge in [-0.3, -0.25) is 14.9 Å². The smallest absolute Gasteiger partial charge is 0.268 e. The van der Waals surface area contributed by atoms with Crippen LogP contribution in [0.25, 0.3) is 17.3 Å². The van der Waals surface area contributed by atoms with Gasteiger partial charge < -0.3 is 10.1 Å². The number of benzene rings is 2. The van der Waals surface area contributed by atoms with Crippen molar-refractivity contribution in [2.45, 2.75) is 0 Å². The molecule has 142 valence electrons. The van der Waals surface area contributed by atoms with Crippen LogP contribution in [0.3, 0.4) is 0 Å². The van der Waals surface area contributed by atoms with E-state index in [1.54, 1.807) is 18.2 Å². The van der Waals surface area contributed by atoms with Crippen LogP contribution in [0.4, 0.5) is 10.8 Å². The number of rotatable bonds is 4. The number of carbonyl (C=O) groups is 2. The predicted octanol–water partition coefficient (Wildman–Crippen LogP) is 3.69. The highest BCUT2D eigenvalue weighted by Crippen LogP contribution is 2.29. The maximum absolute atomic E-state index is 12.5. The molecule has 3 aromatic rings. The molecule has 0 radical (unpaired) electrons. The second-order valence-corrected chi connectivity index (χ2v) is 6.98. The van der Waals surface area contributed by atoms with Gasteiger partial charge in [0.05, 0.1) is 11.4 Å². The van der Waals surface area contributed by atoms with Crippen molar-refractivity contribution in [3.05, 3.63) is 65.0 Å². The third-order valence-corrected chi connectivity index (χ3v) is 4.87. The first-order valence-electron chi connectivity index (χ1n) is 8.63. The Hall–Kier alpha value is -3.96. The van der Waals surface area contributed by atoms with E-state index in [1.165, 1.54) is 17.4 Å². The number of amides is 2. The van der Waals surface area contributed by atoms with E-state index in [4.69, 9.17) is 4.74 Å². The monoisotopic (exact) mass is 402 g/mol. The zero-order valence-corrected chi connectivity index (χ0v) is 15.8. The molecule has 8 heteroatoms. The van der Waals surface area contributed by atoms with E-state index in [0.717, 1.165) is 11.3 Å². The molecule has 0 bridgehead atoms. The highest BCUT2D eigenvalue weighted by atomic mass is 32.1. The van der Waals surface area contributed by atoms with Crippen LogP contribution >= 0.6 is 11.3 Å². The summed E-state index contributed by atoms with van der Waals surface area (Å²) in [5.41, 5.74) is 2.79. The fourth-order valence-corrected chi connectivity index (χ4v) is 3.45. The first-order valence-corrected chi connectivity index (χ1v) is 9.51. The van der Waals surface area contributed by atoms with Crippen molar-refractivity contribution >= 4 is 40.0 Å². The van der Waals surface area contributed by atoms with Crippen molar-refractivity contribution < 1.29 is 14.3 Å². The Balaban J connectivity index is 1.51. The summed E-state index contributed by atoms with van der Waals surface area (Å²) in [6, 6.07) is 16.5. The van der Waals surface area contributed by atoms with Crippen LogP contribution in [0.5, 0.6) is 5.75 Å². The average molecular weight is 402 g/mol. The Morgan fingerprint density at radius 1 is 1.28 bits per heavy atom. The number of nitriles is 1. The Morgan fingerprint density at radius 3 is 2.90 bits per heavy atom. The standard InChI is InChI=1S/C21H14N4O3S/c22-10-15(8-13-6-7-16-18(9-13)28-11-19(26)23-16)20(27)25-21-24-17(12-29-21)14-4-2-1-3-5-14/h1-9,12H,11H2,(H,23,26)(H,24,25,27)/b15-8+. The third kappa shape index (κ3) is 4.15. The molecule has 2 aromatic carbocycles. The molecular formula is C21H14N4O3S. The molecule has 7 nitrogen and oxygen atoms in total. The minimum absolute atomic E-state index is 0.0683. The molecule has 0 saturated heterocycles. The zero-order valence-electron chi connectivity index (χ0n) is 15.0. The molecule has 2 heterocycles. The van der Waals surface area contributed by atoms with E-state index < -0.39 is 5.91 Å². The molecule has 2 N–H and O–H groups in total. The van der Waals surface area contributed by atoms with E-state index >= 15 is 0 Å². The average Bonchev–Trinajstić information content (AvgIpc) is 3.21. The van der Waals surface area contributed by atoms with Gasteiger partial charge in [-0.25, -0.2) is 4.98 Å². The summed E-state index contributed by atoms with van der Waals surface area (Å²) in [7, 11) is 0. The molecule has 0 spiro atoms. The maximum atomic E-state index is 12.5. The van der Waals surface area contributed by atoms with Gasteiger partial charge in [-0.2, -0.15) is 5.26 Å². The summed E-state index contributed by atoms with van der Waals surface area (Å²) in [6.07, 6.45) is 1.46. The van der Waals surface area contributed by atoms with Gasteiger partial charge in [0.15, 0.2) is 11.7 Å². The Kier molecular flexibility index (Phi) is 5.05. The number of carbonyl (C=O) groups excluding carboxylic acids is 2. The molecule has 0 saturated carbocycles. The van der Waals surface area contributed by atoms with Crippen LogP contribution in [0.1, 0.15) is 5.56 Å². The van der Waals surface area contributed by atoms with Gasteiger partial charge in [0.1, 0.15) is 17.4 Å². The van der Waals surface area contributed by atoms with Crippen molar-refractivity contribution in [3.63, 3.8) is 0 Å². The van der Waals surface area contributed by atoms with Gasteiger partial charge >= 0.3 is 0 Å². The van der Waals surface area contributed by atoms with Crippen LogP contribution in [0.15, 0.2) is 59.5 Å². The van der Waals surface area contributed by atoms with Crippen molar-refractivity contribution in [1.82, 2.24) is 4.98 Å². The van der Waals surface area contributed by atoms with Gasteiger partial charge in [0, 0.05) is 10.9 Å². The molecule has 1 aliphatic rings. The Labute approximate surface area is 170 Å². The van der Waals surface area contributed by atoms with Crippen LogP contribution < -0.4 is 15.4 Å². The van der Waals surface area contributed by atoms with E-state index in [1.807, 2.05) is 41.8 Å². The quantitative estimate of drug-likeness (QED) is 0.512. The number of fused-ring (bicyclic) bond motifs is 1. The second-order valence-electron chi connectivity index (χ2n) is 6.12. The Morgan fingerprint density at radius 2 is 2.10 bits per heavy atom. The highest BCUT2D eigenvalue weighted by molar-refractivity contribution is 7.14. The van der Waals surface area contributed by atoms with Crippen molar-refractivity contribution in [2.24, 2.45) is 0 Å². The van der Waals surface area contributed by atoms with Gasteiger partial charge in [-0.1, -0.05) is 36.4 Å². The molecule has 0 fully saturated rings. The number of hydrogen-bond acceptors (Lipinski definition) is 6. The summed E-state index contributed by atoms with van der Waals surface area (Å²) in [5, 5.41) is 17.0. The lowest BCUT2D eigenvalue weighted by molar-refractivity contribution is -0.118. The summed E-state index contributed by atoms with van der Waals surface area (Å²) in [4.78, 5) is 28.2. The fraction of sp³-hybridized carbons (Fsp3) is 0.0476. The number of aromatic nitrogens is 1. The normalized spacial score (nSPS) is 12.9. The van der Waals surface area contributed by atoms with Crippen molar-refractivity contribution in [3.8, 4) is 23.1 Å².